The minimum atomic E-state index is 0. The molecule has 0 nitrogen and oxygen atoms in total. The van der Waals surface area contributed by atoms with Crippen LogP contribution in [0.1, 0.15) is 90.3 Å². The number of fused-ring (bicyclic) bond motifs is 3. The van der Waals surface area contributed by atoms with E-state index < -0.39 is 0 Å². The Morgan fingerprint density at radius 2 is 1.05 bits per heavy atom. The zero-order valence-electron chi connectivity index (χ0n) is 38.9. The molecule has 0 amide bonds. The second-order valence-electron chi connectivity index (χ2n) is 17.5. The van der Waals surface area contributed by atoms with Crippen LogP contribution in [0.5, 0.6) is 0 Å². The van der Waals surface area contributed by atoms with E-state index in [2.05, 4.69) is 185 Å². The Labute approximate surface area is 398 Å². The van der Waals surface area contributed by atoms with Crippen LogP contribution in [0.15, 0.2) is 121 Å². The number of hydrogen-bond donors (Lipinski definition) is 0. The average molecular weight is 925 g/mol. The molecule has 0 saturated heterocycles. The molecule has 8 rings (SSSR count). The monoisotopic (exact) mass is 922 g/mol. The molecule has 1 unspecified atom stereocenters. The van der Waals surface area contributed by atoms with E-state index in [1.807, 2.05) is 48.5 Å². The van der Waals surface area contributed by atoms with Crippen LogP contribution in [-0.4, -0.2) is 4.21 Å². The van der Waals surface area contributed by atoms with E-state index in [0.717, 1.165) is 6.42 Å². The molecule has 6 aromatic carbocycles. The van der Waals surface area contributed by atoms with Crippen LogP contribution in [0.25, 0.3) is 33.4 Å². The molecule has 2 aliphatic rings. The number of allylic oxidation sites excluding steroid dienone is 4. The van der Waals surface area contributed by atoms with Gasteiger partial charge in [-0.1, -0.05) is 147 Å². The minimum absolute atomic E-state index is 0. The summed E-state index contributed by atoms with van der Waals surface area (Å²) in [6, 6.07) is 46.1. The van der Waals surface area contributed by atoms with Crippen LogP contribution in [0.4, 0.5) is 0 Å². The number of benzene rings is 6. The fourth-order valence-corrected chi connectivity index (χ4v) is 7.93. The third-order valence-corrected chi connectivity index (χ3v) is 10.8. The van der Waals surface area contributed by atoms with Crippen molar-refractivity contribution in [1.82, 2.24) is 0 Å². The van der Waals surface area contributed by atoms with Gasteiger partial charge in [-0.2, -0.15) is 83.4 Å². The molecule has 2 aliphatic carbocycles. The number of rotatable bonds is 3. The van der Waals surface area contributed by atoms with Crippen molar-refractivity contribution >= 4 is 29.0 Å². The quantitative estimate of drug-likeness (QED) is 0.155. The van der Waals surface area contributed by atoms with E-state index in [1.54, 1.807) is 0 Å². The van der Waals surface area contributed by atoms with Gasteiger partial charge in [-0.15, -0.1) is 54.1 Å². The average Bonchev–Trinajstić information content (AvgIpc) is 3.83. The summed E-state index contributed by atoms with van der Waals surface area (Å²) >= 11 is 1.30. The van der Waals surface area contributed by atoms with Crippen molar-refractivity contribution in [2.45, 2.75) is 96.4 Å². The van der Waals surface area contributed by atoms with E-state index >= 15 is 0 Å². The first-order chi connectivity index (χ1) is 28.0. The molecule has 320 valence electrons. The summed E-state index contributed by atoms with van der Waals surface area (Å²) in [6.45, 7) is 28.6. The first-order valence-corrected chi connectivity index (χ1v) is 22.6. The molecule has 0 heterocycles. The summed E-state index contributed by atoms with van der Waals surface area (Å²) in [4.78, 5) is 0. The van der Waals surface area contributed by atoms with Gasteiger partial charge in [0.25, 0.3) is 0 Å². The van der Waals surface area contributed by atoms with Gasteiger partial charge in [0, 0.05) is 0 Å². The number of halogens is 2. The van der Waals surface area contributed by atoms with Crippen molar-refractivity contribution in [3.8, 4) is 33.4 Å². The molecule has 3 heteroatoms. The van der Waals surface area contributed by atoms with Gasteiger partial charge in [0.1, 0.15) is 0 Å². The normalized spacial score (nSPS) is 12.8. The molecule has 0 saturated carbocycles. The van der Waals surface area contributed by atoms with E-state index in [4.69, 9.17) is 0 Å². The van der Waals surface area contributed by atoms with Gasteiger partial charge >= 0.3 is 28.4 Å². The third-order valence-electron chi connectivity index (χ3n) is 10.8. The van der Waals surface area contributed by atoms with Gasteiger partial charge in [0.2, 0.25) is 0 Å². The predicted octanol–water partition coefficient (Wildman–Crippen LogP) is 16.2. The van der Waals surface area contributed by atoms with Crippen LogP contribution in [0.2, 0.25) is 0 Å². The molecule has 1 atom stereocenters. The Balaban J connectivity index is 0.000000349. The van der Waals surface area contributed by atoms with E-state index in [9.17, 15) is 0 Å². The van der Waals surface area contributed by atoms with Crippen molar-refractivity contribution in [3.63, 3.8) is 0 Å². The van der Waals surface area contributed by atoms with Gasteiger partial charge < -0.3 is 0 Å². The van der Waals surface area contributed by atoms with Crippen molar-refractivity contribution in [1.29, 1.82) is 0 Å². The van der Waals surface area contributed by atoms with Crippen molar-refractivity contribution in [2.75, 3.05) is 0 Å². The number of hydrogen-bond acceptors (Lipinski definition) is 0. The standard InChI is InChI=1S/C31H29.C12H19.2C7H7.CH2.2ClH.Zr/c1-18-11-20(3)30(21(4)12-18)24-7-9-28-26(15-24)17-27-16-25(8-10-29(27)28)31-22(5)13-19(2)14-23(31)6;1-9(2)10-6-7-11(8-10)12(3,4)5;2*1-7-5-3-2-4-6-7;;;;/h7-15H,17H2,1-6H3;7-10H,1-5H3;2*3-6H,1H3;1H2;2*1H;/q4*-1;;;;. The fraction of sp³-hybridized carbons (Fsp3) is 0.293. The van der Waals surface area contributed by atoms with E-state index in [0.29, 0.717) is 11.8 Å². The summed E-state index contributed by atoms with van der Waals surface area (Å²) in [7, 11) is 0. The molecule has 0 spiro atoms. The first kappa shape index (κ1) is 53.3. The molecule has 0 fully saturated rings. The van der Waals surface area contributed by atoms with Gasteiger partial charge in [-0.3, -0.25) is 6.08 Å². The predicted molar refractivity (Wildman–Crippen MR) is 268 cm³/mol. The zero-order valence-corrected chi connectivity index (χ0v) is 42.9. The summed E-state index contributed by atoms with van der Waals surface area (Å²) < 4.78 is 3.34. The summed E-state index contributed by atoms with van der Waals surface area (Å²) in [5, 5.41) is 0. The summed E-state index contributed by atoms with van der Waals surface area (Å²) in [6.07, 6.45) is 8.86. The second kappa shape index (κ2) is 24.7. The third kappa shape index (κ3) is 14.9. The molecular weight excluding hydrogens is 859 g/mol. The van der Waals surface area contributed by atoms with Crippen molar-refractivity contribution in [3.05, 3.63) is 201 Å². The number of aryl methyl sites for hydroxylation is 8. The molecular formula is C58H66Cl2Zr-4. The van der Waals surface area contributed by atoms with Crippen LogP contribution in [0.3, 0.4) is 0 Å². The summed E-state index contributed by atoms with van der Waals surface area (Å²) in [5.74, 6) is 1.22. The van der Waals surface area contributed by atoms with Crippen LogP contribution >= 0.6 is 24.8 Å². The molecule has 6 aromatic rings. The molecule has 0 radical (unpaired) electrons. The van der Waals surface area contributed by atoms with Crippen LogP contribution in [0, 0.1) is 96.9 Å². The topological polar surface area (TPSA) is 0 Å². The molecule has 0 N–H and O–H groups in total. The first-order valence-electron chi connectivity index (χ1n) is 20.9. The maximum absolute atomic E-state index is 3.78. The molecule has 61 heavy (non-hydrogen) atoms. The van der Waals surface area contributed by atoms with Gasteiger partial charge in [-0.25, -0.2) is 6.08 Å². The molecule has 0 aliphatic heterocycles. The van der Waals surface area contributed by atoms with Gasteiger partial charge in [0.15, 0.2) is 0 Å². The van der Waals surface area contributed by atoms with Crippen molar-refractivity contribution < 1.29 is 24.2 Å². The Kier molecular flexibility index (Phi) is 21.6. The van der Waals surface area contributed by atoms with Crippen LogP contribution in [-0.2, 0) is 30.7 Å². The molecule has 0 aromatic heterocycles. The maximum atomic E-state index is 3.78. The van der Waals surface area contributed by atoms with Gasteiger partial charge in [0.05, 0.1) is 0 Å². The van der Waals surface area contributed by atoms with Gasteiger partial charge in [-0.05, 0) is 75.8 Å². The van der Waals surface area contributed by atoms with E-state index in [-0.39, 0.29) is 30.2 Å². The Hall–Kier alpha value is -3.87. The Morgan fingerprint density at radius 1 is 0.590 bits per heavy atom. The van der Waals surface area contributed by atoms with E-state index in [1.165, 1.54) is 119 Å². The van der Waals surface area contributed by atoms with Crippen molar-refractivity contribution in [2.24, 2.45) is 17.3 Å². The SMILES string of the molecule is CC(C)C1[C-]=CC(C(C)(C)C)=C1.Cc1cc(C)c(-c2[c-]c3c(cc2)-c2ccc(-c4c(C)cc(C)cc4C)cc2C3)c(C)c1.Cc1cc[c-]cc1.Cc1cc[c-]cc1.Cl.Cl.[CH2]=[Zr]. The Bertz CT molecular complexity index is 2190. The Morgan fingerprint density at radius 3 is 1.44 bits per heavy atom. The fourth-order valence-electron chi connectivity index (χ4n) is 7.93. The second-order valence-corrected chi connectivity index (χ2v) is 17.5. The summed E-state index contributed by atoms with van der Waals surface area (Å²) in [5.41, 5.74) is 23.0. The van der Waals surface area contributed by atoms with Crippen LogP contribution < -0.4 is 0 Å². The zero-order chi connectivity index (χ0) is 43.4. The molecule has 0 bridgehead atoms.